The van der Waals surface area contributed by atoms with Crippen molar-refractivity contribution in [1.29, 1.82) is 5.26 Å². The zero-order valence-electron chi connectivity index (χ0n) is 16.0. The fourth-order valence-electron chi connectivity index (χ4n) is 3.36. The molecule has 0 unspecified atom stereocenters. The van der Waals surface area contributed by atoms with E-state index in [4.69, 9.17) is 5.26 Å². The molecule has 0 aromatic heterocycles. The van der Waals surface area contributed by atoms with E-state index < -0.39 is 17.7 Å². The number of hydrogen-bond acceptors (Lipinski definition) is 6. The Morgan fingerprint density at radius 3 is 2.16 bits per heavy atom. The Balaban J connectivity index is 1.53. The number of carbonyl (C=O) groups excluding carboxylic acids is 3. The number of carbonyl (C=O) groups is 3. The maximum Gasteiger partial charge on any atom is 0.262 e. The molecule has 0 atom stereocenters. The first-order chi connectivity index (χ1) is 14.9. The highest BCUT2D eigenvalue weighted by Crippen LogP contribution is 2.29. The lowest BCUT2D eigenvalue weighted by atomic mass is 10.0. The lowest BCUT2D eigenvalue weighted by Crippen LogP contribution is -2.29. The van der Waals surface area contributed by atoms with Crippen LogP contribution in [0.2, 0.25) is 0 Å². The minimum absolute atomic E-state index is 0.0743. The van der Waals surface area contributed by atoms with Crippen LogP contribution >= 0.6 is 0 Å². The van der Waals surface area contributed by atoms with Gasteiger partial charge in [-0.25, -0.2) is 0 Å². The van der Waals surface area contributed by atoms with E-state index in [-0.39, 0.29) is 29.2 Å². The zero-order valence-corrected chi connectivity index (χ0v) is 16.0. The summed E-state index contributed by atoms with van der Waals surface area (Å²) < 4.78 is 0. The first-order valence-corrected chi connectivity index (χ1v) is 9.19. The second-order valence-corrected chi connectivity index (χ2v) is 6.88. The van der Waals surface area contributed by atoms with E-state index in [0.717, 1.165) is 4.90 Å². The van der Waals surface area contributed by atoms with Crippen molar-refractivity contribution in [2.75, 3.05) is 11.9 Å². The number of phenols is 2. The Hall–Kier alpha value is -4.64. The van der Waals surface area contributed by atoms with Crippen LogP contribution in [0.4, 0.5) is 5.69 Å². The fourth-order valence-corrected chi connectivity index (χ4v) is 3.36. The topological polar surface area (TPSA) is 131 Å². The zero-order chi connectivity index (χ0) is 22.1. The van der Waals surface area contributed by atoms with Crippen LogP contribution in [0.5, 0.6) is 11.5 Å². The number of nitrogens with zero attached hydrogens (tertiary/aromatic N) is 2. The number of rotatable bonds is 4. The average molecular weight is 413 g/mol. The summed E-state index contributed by atoms with van der Waals surface area (Å²) in [5.41, 5.74) is 2.30. The third kappa shape index (κ3) is 3.68. The van der Waals surface area contributed by atoms with Crippen LogP contribution in [0, 0.1) is 11.3 Å². The molecule has 0 saturated heterocycles. The predicted octanol–water partition coefficient (Wildman–Crippen LogP) is 3.14. The van der Waals surface area contributed by atoms with Crippen LogP contribution in [-0.2, 0) is 0 Å². The summed E-state index contributed by atoms with van der Waals surface area (Å²) in [6, 6.07) is 16.9. The molecule has 1 aliphatic rings. The maximum absolute atomic E-state index is 12.6. The highest BCUT2D eigenvalue weighted by molar-refractivity contribution is 6.22. The van der Waals surface area contributed by atoms with Crippen LogP contribution < -0.4 is 5.32 Å². The van der Waals surface area contributed by atoms with Gasteiger partial charge in [0.05, 0.1) is 17.2 Å². The molecule has 1 aliphatic heterocycles. The first kappa shape index (κ1) is 19.7. The summed E-state index contributed by atoms with van der Waals surface area (Å²) >= 11 is 0. The molecule has 8 nitrogen and oxygen atoms in total. The van der Waals surface area contributed by atoms with Gasteiger partial charge in [-0.1, -0.05) is 12.1 Å². The number of nitrogens with one attached hydrogen (secondary N) is 1. The van der Waals surface area contributed by atoms with Gasteiger partial charge in [0.25, 0.3) is 17.7 Å². The van der Waals surface area contributed by atoms with Crippen molar-refractivity contribution < 1.29 is 24.6 Å². The number of imide groups is 1. The first-order valence-electron chi connectivity index (χ1n) is 9.19. The van der Waals surface area contributed by atoms with Gasteiger partial charge in [0.15, 0.2) is 0 Å². The largest absolute Gasteiger partial charge is 0.508 e. The standard InChI is InChI=1S/C23H15N3O5/c24-7-8-26-22(30)19-6-5-16(11-20(19)23(26)31)25-21(29)14-3-1-13(2-4-14)15-9-17(27)12-18(28)10-15/h1-6,9-12,27-28H,8H2,(H,25,29). The van der Waals surface area contributed by atoms with Crippen molar-refractivity contribution in [1.82, 2.24) is 4.90 Å². The van der Waals surface area contributed by atoms with Gasteiger partial charge in [0, 0.05) is 17.3 Å². The molecule has 0 radical (unpaired) electrons. The molecular weight excluding hydrogens is 398 g/mol. The van der Waals surface area contributed by atoms with E-state index >= 15 is 0 Å². The van der Waals surface area contributed by atoms with Crippen molar-refractivity contribution >= 4 is 23.4 Å². The molecule has 0 saturated carbocycles. The van der Waals surface area contributed by atoms with Gasteiger partial charge in [-0.05, 0) is 53.6 Å². The molecule has 3 N–H and O–H groups in total. The van der Waals surface area contributed by atoms with Gasteiger partial charge in [-0.2, -0.15) is 5.26 Å². The summed E-state index contributed by atoms with van der Waals surface area (Å²) in [6.45, 7) is -0.336. The molecule has 31 heavy (non-hydrogen) atoms. The quantitative estimate of drug-likeness (QED) is 0.445. The summed E-state index contributed by atoms with van der Waals surface area (Å²) in [7, 11) is 0. The SMILES string of the molecule is N#CCN1C(=O)c2ccc(NC(=O)c3ccc(-c4cc(O)cc(O)c4)cc3)cc2C1=O. The van der Waals surface area contributed by atoms with Crippen LogP contribution in [0.3, 0.4) is 0 Å². The average Bonchev–Trinajstić information content (AvgIpc) is 2.98. The third-order valence-electron chi connectivity index (χ3n) is 4.84. The highest BCUT2D eigenvalue weighted by Gasteiger charge is 2.35. The molecule has 8 heteroatoms. The Morgan fingerprint density at radius 2 is 1.52 bits per heavy atom. The normalized spacial score (nSPS) is 12.4. The monoisotopic (exact) mass is 413 g/mol. The molecule has 4 rings (SSSR count). The smallest absolute Gasteiger partial charge is 0.262 e. The van der Waals surface area contributed by atoms with E-state index in [1.165, 1.54) is 36.4 Å². The Morgan fingerprint density at radius 1 is 0.871 bits per heavy atom. The number of aromatic hydroxyl groups is 2. The van der Waals surface area contributed by atoms with E-state index in [0.29, 0.717) is 22.4 Å². The van der Waals surface area contributed by atoms with Crippen LogP contribution in [0.1, 0.15) is 31.1 Å². The van der Waals surface area contributed by atoms with Crippen molar-refractivity contribution in [3.8, 4) is 28.7 Å². The molecule has 0 fully saturated rings. The molecule has 0 spiro atoms. The van der Waals surface area contributed by atoms with Crippen LogP contribution in [-0.4, -0.2) is 39.4 Å². The van der Waals surface area contributed by atoms with E-state index in [1.54, 1.807) is 30.3 Å². The van der Waals surface area contributed by atoms with Gasteiger partial charge in [-0.3, -0.25) is 19.3 Å². The van der Waals surface area contributed by atoms with E-state index in [2.05, 4.69) is 5.32 Å². The highest BCUT2D eigenvalue weighted by atomic mass is 16.3. The summed E-state index contributed by atoms with van der Waals surface area (Å²) in [6.07, 6.45) is 0. The van der Waals surface area contributed by atoms with Gasteiger partial charge < -0.3 is 15.5 Å². The van der Waals surface area contributed by atoms with Gasteiger partial charge >= 0.3 is 0 Å². The fraction of sp³-hybridized carbons (Fsp3) is 0.0435. The lowest BCUT2D eigenvalue weighted by Gasteiger charge is -2.08. The van der Waals surface area contributed by atoms with Crippen molar-refractivity contribution in [2.45, 2.75) is 0 Å². The second kappa shape index (κ2) is 7.65. The van der Waals surface area contributed by atoms with Crippen molar-refractivity contribution in [2.24, 2.45) is 0 Å². The number of anilines is 1. The second-order valence-electron chi connectivity index (χ2n) is 6.88. The summed E-state index contributed by atoms with van der Waals surface area (Å²) in [5, 5.41) is 30.7. The number of amides is 3. The van der Waals surface area contributed by atoms with E-state index in [9.17, 15) is 24.6 Å². The molecule has 3 amide bonds. The van der Waals surface area contributed by atoms with Crippen molar-refractivity contribution in [3.63, 3.8) is 0 Å². The molecule has 0 aliphatic carbocycles. The summed E-state index contributed by atoms with van der Waals surface area (Å²) in [5.74, 6) is -1.68. The number of fused-ring (bicyclic) bond motifs is 1. The van der Waals surface area contributed by atoms with Crippen LogP contribution in [0.15, 0.2) is 60.7 Å². The maximum atomic E-state index is 12.6. The Kier molecular flexibility index (Phi) is 4.85. The molecule has 152 valence electrons. The lowest BCUT2D eigenvalue weighted by molar-refractivity contribution is 0.0673. The van der Waals surface area contributed by atoms with Gasteiger partial charge in [-0.15, -0.1) is 0 Å². The van der Waals surface area contributed by atoms with E-state index in [1.807, 2.05) is 0 Å². The molecule has 3 aromatic rings. The molecule has 1 heterocycles. The Bertz CT molecular complexity index is 1260. The third-order valence-corrected chi connectivity index (χ3v) is 4.84. The Labute approximate surface area is 176 Å². The van der Waals surface area contributed by atoms with Crippen molar-refractivity contribution in [3.05, 3.63) is 77.4 Å². The summed E-state index contributed by atoms with van der Waals surface area (Å²) in [4.78, 5) is 38.0. The van der Waals surface area contributed by atoms with Crippen LogP contribution in [0.25, 0.3) is 11.1 Å². The minimum Gasteiger partial charge on any atom is -0.508 e. The number of nitriles is 1. The number of phenolic OH excluding ortho intramolecular Hbond substituents is 2. The minimum atomic E-state index is -0.573. The van der Waals surface area contributed by atoms with Gasteiger partial charge in [0.2, 0.25) is 0 Å². The number of benzene rings is 3. The molecule has 0 bridgehead atoms. The number of hydrogen-bond donors (Lipinski definition) is 3. The predicted molar refractivity (Wildman–Crippen MR) is 111 cm³/mol. The molecular formula is C23H15N3O5. The molecule has 3 aromatic carbocycles. The van der Waals surface area contributed by atoms with Gasteiger partial charge in [0.1, 0.15) is 18.0 Å².